The molecule has 0 fully saturated rings. The predicted molar refractivity (Wildman–Crippen MR) is 71.4 cm³/mol. The number of hydrogen-bond acceptors (Lipinski definition) is 4. The van der Waals surface area contributed by atoms with Crippen LogP contribution in [0.5, 0.6) is 0 Å². The average Bonchev–Trinajstić information content (AvgIpc) is 2.64. The van der Waals surface area contributed by atoms with E-state index >= 15 is 0 Å². The third kappa shape index (κ3) is 2.55. The van der Waals surface area contributed by atoms with Gasteiger partial charge in [-0.1, -0.05) is 0 Å². The summed E-state index contributed by atoms with van der Waals surface area (Å²) in [6, 6.07) is 0. The monoisotopic (exact) mass is 346 g/mol. The number of nitrogens with one attached hydrogen (secondary N) is 1. The van der Waals surface area contributed by atoms with E-state index < -0.39 is 0 Å². The maximum atomic E-state index is 4.38. The maximum absolute atomic E-state index is 4.38. The molecule has 0 saturated carbocycles. The summed E-state index contributed by atoms with van der Waals surface area (Å²) in [6.07, 6.45) is 3.59. The van der Waals surface area contributed by atoms with Gasteiger partial charge in [-0.3, -0.25) is 9.98 Å². The standard InChI is InChI=1S/C10H12Br2N4/c1-16-3-2-14-10(16)15-4-7-8(11)5-13-6-9(7)12/h5-6H,2-4H2,1H3,(H,14,15). The van der Waals surface area contributed by atoms with E-state index in [1.54, 1.807) is 12.4 Å². The van der Waals surface area contributed by atoms with E-state index in [1.807, 2.05) is 7.05 Å². The molecule has 6 heteroatoms. The van der Waals surface area contributed by atoms with Crippen LogP contribution in [0.1, 0.15) is 5.56 Å². The van der Waals surface area contributed by atoms with Crippen LogP contribution in [0.15, 0.2) is 26.3 Å². The Kier molecular flexibility index (Phi) is 3.81. The first kappa shape index (κ1) is 11.9. The van der Waals surface area contributed by atoms with Crippen molar-refractivity contribution < 1.29 is 0 Å². The van der Waals surface area contributed by atoms with E-state index in [1.165, 1.54) is 0 Å². The van der Waals surface area contributed by atoms with Crippen LogP contribution >= 0.6 is 31.9 Å². The molecule has 1 aromatic rings. The van der Waals surface area contributed by atoms with Gasteiger partial charge >= 0.3 is 0 Å². The maximum Gasteiger partial charge on any atom is 0.194 e. The average molecular weight is 348 g/mol. The van der Waals surface area contributed by atoms with Gasteiger partial charge in [-0.25, -0.2) is 0 Å². The fourth-order valence-corrected chi connectivity index (χ4v) is 2.71. The molecule has 16 heavy (non-hydrogen) atoms. The van der Waals surface area contributed by atoms with Gasteiger partial charge in [0.25, 0.3) is 0 Å². The van der Waals surface area contributed by atoms with Gasteiger partial charge in [0, 0.05) is 47.0 Å². The highest BCUT2D eigenvalue weighted by atomic mass is 79.9. The highest BCUT2D eigenvalue weighted by Gasteiger charge is 2.13. The Morgan fingerprint density at radius 1 is 1.38 bits per heavy atom. The van der Waals surface area contributed by atoms with Crippen LogP contribution in [0.2, 0.25) is 0 Å². The molecule has 1 aromatic heterocycles. The van der Waals surface area contributed by atoms with Crippen molar-refractivity contribution in [3.8, 4) is 0 Å². The Balaban J connectivity index is 2.05. The van der Waals surface area contributed by atoms with Crippen molar-refractivity contribution in [3.63, 3.8) is 0 Å². The molecule has 86 valence electrons. The molecule has 1 aliphatic rings. The number of pyridine rings is 1. The Labute approximate surface area is 111 Å². The molecule has 0 spiro atoms. The largest absolute Gasteiger partial charge is 0.352 e. The number of likely N-dealkylation sites (N-methyl/N-ethyl adjacent to an activating group) is 1. The van der Waals surface area contributed by atoms with Crippen molar-refractivity contribution in [1.82, 2.24) is 15.2 Å². The molecule has 0 aromatic carbocycles. The summed E-state index contributed by atoms with van der Waals surface area (Å²) in [5.41, 5.74) is 1.15. The van der Waals surface area contributed by atoms with E-state index in [4.69, 9.17) is 0 Å². The quantitative estimate of drug-likeness (QED) is 0.889. The van der Waals surface area contributed by atoms with Crippen LogP contribution in [-0.2, 0) is 6.54 Å². The molecule has 0 atom stereocenters. The van der Waals surface area contributed by atoms with Gasteiger partial charge in [0.15, 0.2) is 5.96 Å². The molecular weight excluding hydrogens is 336 g/mol. The van der Waals surface area contributed by atoms with Crippen LogP contribution in [0, 0.1) is 0 Å². The van der Waals surface area contributed by atoms with Gasteiger partial charge in [-0.05, 0) is 31.9 Å². The first-order valence-corrected chi connectivity index (χ1v) is 6.54. The molecule has 2 heterocycles. The number of aromatic nitrogens is 1. The number of rotatable bonds is 2. The van der Waals surface area contributed by atoms with Crippen molar-refractivity contribution in [3.05, 3.63) is 26.9 Å². The minimum absolute atomic E-state index is 0.729. The summed E-state index contributed by atoms with van der Waals surface area (Å²) in [5.74, 6) is 0.954. The van der Waals surface area contributed by atoms with Gasteiger partial charge in [-0.15, -0.1) is 0 Å². The minimum Gasteiger partial charge on any atom is -0.352 e. The molecule has 0 radical (unpaired) electrons. The lowest BCUT2D eigenvalue weighted by atomic mass is 10.3. The van der Waals surface area contributed by atoms with Crippen LogP contribution in [0.3, 0.4) is 0 Å². The molecule has 0 bridgehead atoms. The summed E-state index contributed by atoms with van der Waals surface area (Å²) in [4.78, 5) is 10.6. The smallest absolute Gasteiger partial charge is 0.194 e. The normalized spacial score (nSPS) is 15.2. The van der Waals surface area contributed by atoms with Crippen molar-refractivity contribution in [2.45, 2.75) is 6.54 Å². The first-order valence-electron chi connectivity index (χ1n) is 4.96. The van der Waals surface area contributed by atoms with Crippen molar-refractivity contribution in [2.75, 3.05) is 20.1 Å². The lowest BCUT2D eigenvalue weighted by Crippen LogP contribution is -2.35. The van der Waals surface area contributed by atoms with Crippen LogP contribution in [0.4, 0.5) is 0 Å². The Bertz CT molecular complexity index is 399. The second kappa shape index (κ2) is 5.14. The lowest BCUT2D eigenvalue weighted by Gasteiger charge is -2.16. The number of hydrogen-bond donors (Lipinski definition) is 1. The topological polar surface area (TPSA) is 40.5 Å². The molecule has 4 nitrogen and oxygen atoms in total. The minimum atomic E-state index is 0.729. The van der Waals surface area contributed by atoms with Crippen molar-refractivity contribution in [1.29, 1.82) is 0 Å². The Hall–Kier alpha value is -0.620. The summed E-state index contributed by atoms with van der Waals surface area (Å²) < 4.78 is 1.99. The van der Waals surface area contributed by atoms with Crippen molar-refractivity contribution in [2.24, 2.45) is 4.99 Å². The van der Waals surface area contributed by atoms with E-state index in [0.717, 1.165) is 40.1 Å². The number of aliphatic imine (C=N–C) groups is 1. The summed E-state index contributed by atoms with van der Waals surface area (Å²) in [6.45, 7) is 2.59. The van der Waals surface area contributed by atoms with E-state index in [2.05, 4.69) is 52.1 Å². The zero-order valence-electron chi connectivity index (χ0n) is 8.87. The summed E-state index contributed by atoms with van der Waals surface area (Å²) >= 11 is 6.97. The Morgan fingerprint density at radius 3 is 2.62 bits per heavy atom. The molecule has 0 amide bonds. The predicted octanol–water partition coefficient (Wildman–Crippen LogP) is 2.00. The summed E-state index contributed by atoms with van der Waals surface area (Å²) in [7, 11) is 2.04. The molecule has 0 unspecified atom stereocenters. The van der Waals surface area contributed by atoms with Gasteiger partial charge in [0.1, 0.15) is 0 Å². The molecule has 0 aliphatic carbocycles. The number of guanidine groups is 1. The fraction of sp³-hybridized carbons (Fsp3) is 0.400. The first-order chi connectivity index (χ1) is 7.68. The number of nitrogens with zero attached hydrogens (tertiary/aromatic N) is 3. The van der Waals surface area contributed by atoms with Crippen LogP contribution < -0.4 is 5.32 Å². The van der Waals surface area contributed by atoms with E-state index in [-0.39, 0.29) is 0 Å². The zero-order chi connectivity index (χ0) is 11.5. The van der Waals surface area contributed by atoms with Crippen LogP contribution in [-0.4, -0.2) is 36.0 Å². The molecular formula is C10H12Br2N4. The second-order valence-electron chi connectivity index (χ2n) is 3.56. The molecule has 0 saturated heterocycles. The van der Waals surface area contributed by atoms with E-state index in [0.29, 0.717) is 0 Å². The highest BCUT2D eigenvalue weighted by molar-refractivity contribution is 9.11. The molecule has 2 rings (SSSR count). The van der Waals surface area contributed by atoms with Gasteiger partial charge in [0.2, 0.25) is 0 Å². The molecule has 1 aliphatic heterocycles. The van der Waals surface area contributed by atoms with E-state index in [9.17, 15) is 0 Å². The van der Waals surface area contributed by atoms with Gasteiger partial charge < -0.3 is 10.2 Å². The number of halogens is 2. The van der Waals surface area contributed by atoms with Crippen molar-refractivity contribution >= 4 is 37.8 Å². The lowest BCUT2D eigenvalue weighted by molar-refractivity contribution is 0.533. The summed E-state index contributed by atoms with van der Waals surface area (Å²) in [5, 5.41) is 3.32. The van der Waals surface area contributed by atoms with Crippen LogP contribution in [0.25, 0.3) is 0 Å². The SMILES string of the molecule is CN1CCN=C1NCc1c(Br)cncc1Br. The van der Waals surface area contributed by atoms with Gasteiger partial charge in [0.05, 0.1) is 6.54 Å². The third-order valence-corrected chi connectivity index (χ3v) is 3.80. The van der Waals surface area contributed by atoms with Gasteiger partial charge in [-0.2, -0.15) is 0 Å². The third-order valence-electron chi connectivity index (χ3n) is 2.43. The molecule has 1 N–H and O–H groups in total. The second-order valence-corrected chi connectivity index (χ2v) is 5.27. The zero-order valence-corrected chi connectivity index (χ0v) is 12.0. The Morgan fingerprint density at radius 2 is 2.06 bits per heavy atom. The highest BCUT2D eigenvalue weighted by Crippen LogP contribution is 2.23. The fourth-order valence-electron chi connectivity index (χ4n) is 1.50.